The first kappa shape index (κ1) is 29.1. The Hall–Kier alpha value is -4.48. The molecule has 206 valence electrons. The lowest BCUT2D eigenvalue weighted by Gasteiger charge is -2.22. The lowest BCUT2D eigenvalue weighted by atomic mass is 10.0. The molecule has 0 spiro atoms. The lowest BCUT2D eigenvalue weighted by molar-refractivity contribution is -0.163. The number of esters is 3. The Morgan fingerprint density at radius 1 is 1.03 bits per heavy atom. The summed E-state index contributed by atoms with van der Waals surface area (Å²) in [4.78, 5) is 50.3. The van der Waals surface area contributed by atoms with Gasteiger partial charge < -0.3 is 19.5 Å². The fourth-order valence-electron chi connectivity index (χ4n) is 3.54. The van der Waals surface area contributed by atoms with E-state index in [1.165, 1.54) is 31.3 Å². The van der Waals surface area contributed by atoms with Crippen molar-refractivity contribution in [2.24, 2.45) is 0 Å². The van der Waals surface area contributed by atoms with Gasteiger partial charge in [0.05, 0.1) is 42.6 Å². The fraction of sp³-hybridized carbons (Fsp3) is 0.333. The zero-order chi connectivity index (χ0) is 28.9. The van der Waals surface area contributed by atoms with Crippen LogP contribution in [0.5, 0.6) is 0 Å². The molecule has 12 heteroatoms. The summed E-state index contributed by atoms with van der Waals surface area (Å²) in [5, 5.41) is 2.89. The smallest absolute Gasteiger partial charge is 0.343 e. The Bertz CT molecular complexity index is 1370. The van der Waals surface area contributed by atoms with Crippen molar-refractivity contribution in [2.45, 2.75) is 46.1 Å². The Labute approximate surface area is 223 Å². The molecule has 39 heavy (non-hydrogen) atoms. The third kappa shape index (κ3) is 6.89. The molecule has 1 atom stereocenters. The molecule has 1 N–H and O–H groups in total. The maximum Gasteiger partial charge on any atom is 0.343 e. The van der Waals surface area contributed by atoms with Crippen LogP contribution in [0.4, 0.5) is 20.3 Å². The van der Waals surface area contributed by atoms with Gasteiger partial charge in [-0.05, 0) is 58.9 Å². The topological polar surface area (TPSA) is 130 Å². The van der Waals surface area contributed by atoms with Crippen molar-refractivity contribution < 1.29 is 37.4 Å². The van der Waals surface area contributed by atoms with Crippen LogP contribution in [0.15, 0.2) is 36.5 Å². The second-order valence-electron chi connectivity index (χ2n) is 9.26. The van der Waals surface area contributed by atoms with E-state index in [1.807, 2.05) is 0 Å². The lowest BCUT2D eigenvalue weighted by Crippen LogP contribution is -2.32. The number of halogens is 2. The van der Waals surface area contributed by atoms with Gasteiger partial charge in [-0.15, -0.1) is 0 Å². The largest absolute Gasteiger partial charge is 0.468 e. The Morgan fingerprint density at radius 3 is 2.23 bits per heavy atom. The number of carbonyl (C=O) groups excluding carboxylic acids is 3. The van der Waals surface area contributed by atoms with Crippen molar-refractivity contribution in [3.05, 3.63) is 65.1 Å². The highest BCUT2D eigenvalue weighted by Gasteiger charge is 2.35. The molecule has 0 aliphatic carbocycles. The maximum absolute atomic E-state index is 14.5. The summed E-state index contributed by atoms with van der Waals surface area (Å²) in [5.74, 6) is -6.03. The van der Waals surface area contributed by atoms with Gasteiger partial charge in [0.1, 0.15) is 28.6 Å². The van der Waals surface area contributed by atoms with Gasteiger partial charge in [0, 0.05) is 0 Å². The fourth-order valence-corrected chi connectivity index (χ4v) is 3.54. The van der Waals surface area contributed by atoms with Crippen LogP contribution < -0.4 is 5.32 Å². The van der Waals surface area contributed by atoms with Gasteiger partial charge in [-0.1, -0.05) is 6.07 Å². The number of aromatic nitrogens is 3. The Kier molecular flexibility index (Phi) is 8.89. The van der Waals surface area contributed by atoms with Crippen LogP contribution in [0, 0.1) is 18.6 Å². The SMILES string of the molecule is CCOC(=O)c1c(C)nc(-c2c(F)cccc2F)nc1Nc1ccc(C(C(=O)OC)C(=O)OC(C)(C)C)nc1. The molecule has 0 saturated carbocycles. The molecule has 0 radical (unpaired) electrons. The molecule has 0 saturated heterocycles. The third-order valence-electron chi connectivity index (χ3n) is 5.18. The highest BCUT2D eigenvalue weighted by molar-refractivity contribution is 6.00. The van der Waals surface area contributed by atoms with Crippen LogP contribution in [0.3, 0.4) is 0 Å². The van der Waals surface area contributed by atoms with Crippen LogP contribution in [0.1, 0.15) is 55.4 Å². The van der Waals surface area contributed by atoms with Gasteiger partial charge in [0.25, 0.3) is 0 Å². The standard InChI is InChI=1S/C27H28F2N4O6/c1-7-38-25(35)19-14(2)31-23(20-16(28)9-8-10-17(20)29)33-22(19)32-15-11-12-18(30-13-15)21(24(34)37-6)26(36)39-27(3,4)5/h8-13,21H,7H2,1-6H3,(H,31,32,33). The average molecular weight is 543 g/mol. The Morgan fingerprint density at radius 2 is 1.69 bits per heavy atom. The number of benzene rings is 1. The summed E-state index contributed by atoms with van der Waals surface area (Å²) in [5.41, 5.74) is -0.929. The van der Waals surface area contributed by atoms with Crippen molar-refractivity contribution in [1.82, 2.24) is 15.0 Å². The summed E-state index contributed by atoms with van der Waals surface area (Å²) >= 11 is 0. The number of hydrogen-bond acceptors (Lipinski definition) is 10. The first-order chi connectivity index (χ1) is 18.4. The first-order valence-electron chi connectivity index (χ1n) is 11.9. The molecule has 1 unspecified atom stereocenters. The molecule has 0 bridgehead atoms. The number of rotatable bonds is 8. The molecule has 3 rings (SSSR count). The van der Waals surface area contributed by atoms with E-state index in [1.54, 1.807) is 27.7 Å². The second kappa shape index (κ2) is 11.9. The summed E-state index contributed by atoms with van der Waals surface area (Å²) in [7, 11) is 1.14. The van der Waals surface area contributed by atoms with Crippen molar-refractivity contribution in [3.8, 4) is 11.4 Å². The average Bonchev–Trinajstić information content (AvgIpc) is 2.84. The zero-order valence-electron chi connectivity index (χ0n) is 22.3. The van der Waals surface area contributed by atoms with E-state index in [2.05, 4.69) is 20.3 Å². The molecule has 0 aliphatic heterocycles. The molecular formula is C27H28F2N4O6. The normalized spacial score (nSPS) is 11.9. The second-order valence-corrected chi connectivity index (χ2v) is 9.26. The Balaban J connectivity index is 2.04. The van der Waals surface area contributed by atoms with Gasteiger partial charge in [-0.25, -0.2) is 23.5 Å². The molecule has 2 aromatic heterocycles. The van der Waals surface area contributed by atoms with Crippen molar-refractivity contribution in [3.63, 3.8) is 0 Å². The van der Waals surface area contributed by atoms with E-state index < -0.39 is 46.6 Å². The van der Waals surface area contributed by atoms with E-state index in [0.717, 1.165) is 19.2 Å². The number of ether oxygens (including phenoxy) is 3. The number of nitrogens with zero attached hydrogens (tertiary/aromatic N) is 3. The molecule has 1 aromatic carbocycles. The predicted molar refractivity (Wildman–Crippen MR) is 136 cm³/mol. The van der Waals surface area contributed by atoms with Crippen LogP contribution in [0.25, 0.3) is 11.4 Å². The monoisotopic (exact) mass is 542 g/mol. The number of pyridine rings is 1. The number of methoxy groups -OCH3 is 1. The van der Waals surface area contributed by atoms with E-state index >= 15 is 0 Å². The van der Waals surface area contributed by atoms with Gasteiger partial charge >= 0.3 is 17.9 Å². The molecule has 2 heterocycles. The zero-order valence-corrected chi connectivity index (χ0v) is 22.3. The van der Waals surface area contributed by atoms with Crippen LogP contribution in [-0.4, -0.2) is 52.2 Å². The van der Waals surface area contributed by atoms with E-state index in [-0.39, 0.29) is 40.9 Å². The number of anilines is 2. The molecule has 0 fully saturated rings. The third-order valence-corrected chi connectivity index (χ3v) is 5.18. The predicted octanol–water partition coefficient (Wildman–Crippen LogP) is 4.64. The van der Waals surface area contributed by atoms with Gasteiger partial charge in [-0.3, -0.25) is 14.6 Å². The van der Waals surface area contributed by atoms with E-state index in [0.29, 0.717) is 0 Å². The van der Waals surface area contributed by atoms with Crippen molar-refractivity contribution >= 4 is 29.4 Å². The minimum atomic E-state index is -1.43. The first-order valence-corrected chi connectivity index (χ1v) is 11.9. The molecule has 3 aromatic rings. The highest BCUT2D eigenvalue weighted by Crippen LogP contribution is 2.29. The minimum Gasteiger partial charge on any atom is -0.468 e. The quantitative estimate of drug-likeness (QED) is 0.244. The van der Waals surface area contributed by atoms with Crippen molar-refractivity contribution in [2.75, 3.05) is 19.0 Å². The number of hydrogen-bond donors (Lipinski definition) is 1. The van der Waals surface area contributed by atoms with Crippen LogP contribution >= 0.6 is 0 Å². The summed E-state index contributed by atoms with van der Waals surface area (Å²) in [6, 6.07) is 6.20. The van der Waals surface area contributed by atoms with E-state index in [4.69, 9.17) is 14.2 Å². The summed E-state index contributed by atoms with van der Waals surface area (Å²) in [6.07, 6.45) is 1.28. The van der Waals surface area contributed by atoms with Crippen LogP contribution in [-0.2, 0) is 23.8 Å². The van der Waals surface area contributed by atoms with Crippen LogP contribution in [0.2, 0.25) is 0 Å². The number of carbonyl (C=O) groups is 3. The summed E-state index contributed by atoms with van der Waals surface area (Å²) in [6.45, 7) is 8.14. The molecule has 0 amide bonds. The molecule has 10 nitrogen and oxygen atoms in total. The van der Waals surface area contributed by atoms with Crippen molar-refractivity contribution in [1.29, 1.82) is 0 Å². The number of aryl methyl sites for hydroxylation is 1. The minimum absolute atomic E-state index is 0.0531. The number of nitrogens with one attached hydrogen (secondary N) is 1. The molecular weight excluding hydrogens is 514 g/mol. The summed E-state index contributed by atoms with van der Waals surface area (Å²) < 4.78 is 44.1. The van der Waals surface area contributed by atoms with Gasteiger partial charge in [0.15, 0.2) is 11.7 Å². The molecule has 0 aliphatic rings. The van der Waals surface area contributed by atoms with E-state index in [9.17, 15) is 23.2 Å². The highest BCUT2D eigenvalue weighted by atomic mass is 19.1. The van der Waals surface area contributed by atoms with Gasteiger partial charge in [0.2, 0.25) is 0 Å². The van der Waals surface area contributed by atoms with Gasteiger partial charge in [-0.2, -0.15) is 0 Å². The maximum atomic E-state index is 14.5.